The molecule has 112 valence electrons. The van der Waals surface area contributed by atoms with Gasteiger partial charge >= 0.3 is 5.63 Å². The Morgan fingerprint density at radius 1 is 0.783 bits per heavy atom. The highest BCUT2D eigenvalue weighted by Gasteiger charge is 2.08. The number of fused-ring (bicyclic) bond motifs is 3. The predicted octanol–water partition coefficient (Wildman–Crippen LogP) is 4.53. The lowest BCUT2D eigenvalue weighted by Gasteiger charge is -2.08. The van der Waals surface area contributed by atoms with Gasteiger partial charge in [0.05, 0.1) is 5.39 Å². The zero-order valence-electron chi connectivity index (χ0n) is 12.4. The van der Waals surface area contributed by atoms with Gasteiger partial charge in [-0.3, -0.25) is 0 Å². The largest absolute Gasteiger partial charge is 0.489 e. The summed E-state index contributed by atoms with van der Waals surface area (Å²) in [5, 5.41) is 2.34. The monoisotopic (exact) mass is 302 g/mol. The number of benzene rings is 3. The van der Waals surface area contributed by atoms with Gasteiger partial charge < -0.3 is 9.15 Å². The fraction of sp³-hybridized carbons (Fsp3) is 0.0500. The van der Waals surface area contributed by atoms with E-state index < -0.39 is 0 Å². The minimum Gasteiger partial charge on any atom is -0.489 e. The Morgan fingerprint density at radius 2 is 1.52 bits per heavy atom. The van der Waals surface area contributed by atoms with Gasteiger partial charge in [0.1, 0.15) is 17.9 Å². The van der Waals surface area contributed by atoms with E-state index in [1.807, 2.05) is 60.7 Å². The van der Waals surface area contributed by atoms with Crippen molar-refractivity contribution < 1.29 is 9.15 Å². The van der Waals surface area contributed by atoms with E-state index >= 15 is 0 Å². The van der Waals surface area contributed by atoms with Gasteiger partial charge in [-0.25, -0.2) is 4.79 Å². The van der Waals surface area contributed by atoms with Crippen molar-refractivity contribution in [3.63, 3.8) is 0 Å². The van der Waals surface area contributed by atoms with Gasteiger partial charge in [0.15, 0.2) is 0 Å². The lowest BCUT2D eigenvalue weighted by atomic mass is 10.1. The Morgan fingerprint density at radius 3 is 2.35 bits per heavy atom. The van der Waals surface area contributed by atoms with Crippen LogP contribution in [-0.4, -0.2) is 0 Å². The summed E-state index contributed by atoms with van der Waals surface area (Å²) >= 11 is 0. The van der Waals surface area contributed by atoms with E-state index in [9.17, 15) is 4.79 Å². The molecule has 0 amide bonds. The summed E-state index contributed by atoms with van der Waals surface area (Å²) in [6.45, 7) is 0.501. The molecule has 4 aromatic rings. The molecule has 23 heavy (non-hydrogen) atoms. The molecule has 0 N–H and O–H groups in total. The molecular weight excluding hydrogens is 288 g/mol. The molecule has 1 heterocycles. The van der Waals surface area contributed by atoms with Crippen molar-refractivity contribution >= 4 is 21.7 Å². The van der Waals surface area contributed by atoms with Crippen LogP contribution in [0.4, 0.5) is 0 Å². The third kappa shape index (κ3) is 2.57. The highest BCUT2D eigenvalue weighted by Crippen LogP contribution is 2.27. The molecule has 0 aliphatic carbocycles. The second-order valence-electron chi connectivity index (χ2n) is 5.37. The summed E-state index contributed by atoms with van der Waals surface area (Å²) in [6, 6.07) is 23.0. The number of hydrogen-bond donors (Lipinski definition) is 0. The van der Waals surface area contributed by atoms with Crippen molar-refractivity contribution in [1.29, 1.82) is 0 Å². The van der Waals surface area contributed by atoms with E-state index in [2.05, 4.69) is 0 Å². The van der Waals surface area contributed by atoms with E-state index in [0.29, 0.717) is 17.6 Å². The van der Waals surface area contributed by atoms with Crippen molar-refractivity contribution in [2.24, 2.45) is 0 Å². The third-order valence-electron chi connectivity index (χ3n) is 3.84. The molecule has 0 radical (unpaired) electrons. The van der Waals surface area contributed by atoms with E-state index in [0.717, 1.165) is 22.1 Å². The zero-order chi connectivity index (χ0) is 15.6. The molecule has 0 spiro atoms. The maximum Gasteiger partial charge on any atom is 0.344 e. The van der Waals surface area contributed by atoms with Gasteiger partial charge in [0, 0.05) is 10.8 Å². The van der Waals surface area contributed by atoms with Crippen LogP contribution in [-0.2, 0) is 6.61 Å². The normalized spacial score (nSPS) is 11.0. The average molecular weight is 302 g/mol. The minimum absolute atomic E-state index is 0.314. The minimum atomic E-state index is -0.314. The van der Waals surface area contributed by atoms with Crippen molar-refractivity contribution in [3.05, 3.63) is 88.8 Å². The number of ether oxygens (including phenoxy) is 1. The van der Waals surface area contributed by atoms with Crippen LogP contribution in [0.5, 0.6) is 5.75 Å². The lowest BCUT2D eigenvalue weighted by Crippen LogP contribution is -2.00. The first-order valence-electron chi connectivity index (χ1n) is 7.43. The van der Waals surface area contributed by atoms with E-state index in [-0.39, 0.29) is 5.63 Å². The van der Waals surface area contributed by atoms with Crippen LogP contribution >= 0.6 is 0 Å². The Balaban J connectivity index is 1.76. The highest BCUT2D eigenvalue weighted by atomic mass is 16.5. The van der Waals surface area contributed by atoms with Gasteiger partial charge in [0.25, 0.3) is 0 Å². The molecule has 3 nitrogen and oxygen atoms in total. The molecule has 0 fully saturated rings. The maximum absolute atomic E-state index is 12.0. The molecule has 4 rings (SSSR count). The Labute approximate surface area is 132 Å². The van der Waals surface area contributed by atoms with E-state index in [1.54, 1.807) is 12.1 Å². The predicted molar refractivity (Wildman–Crippen MR) is 90.8 cm³/mol. The van der Waals surface area contributed by atoms with Crippen LogP contribution in [0.2, 0.25) is 0 Å². The first kappa shape index (κ1) is 13.6. The molecule has 0 saturated carbocycles. The second kappa shape index (κ2) is 5.61. The average Bonchev–Trinajstić information content (AvgIpc) is 2.61. The van der Waals surface area contributed by atoms with Crippen LogP contribution in [0.25, 0.3) is 21.7 Å². The van der Waals surface area contributed by atoms with Gasteiger partial charge in [-0.15, -0.1) is 0 Å². The summed E-state index contributed by atoms with van der Waals surface area (Å²) in [5.74, 6) is 0.750. The summed E-state index contributed by atoms with van der Waals surface area (Å²) in [6.07, 6.45) is 0. The van der Waals surface area contributed by atoms with Crippen LogP contribution in [0.1, 0.15) is 5.56 Å². The van der Waals surface area contributed by atoms with Crippen molar-refractivity contribution in [3.8, 4) is 5.75 Å². The molecule has 0 aliphatic rings. The van der Waals surface area contributed by atoms with Gasteiger partial charge in [-0.05, 0) is 29.8 Å². The topological polar surface area (TPSA) is 39.4 Å². The number of rotatable bonds is 3. The number of hydrogen-bond acceptors (Lipinski definition) is 3. The molecule has 0 unspecified atom stereocenters. The maximum atomic E-state index is 12.0. The highest BCUT2D eigenvalue weighted by molar-refractivity contribution is 6.04. The van der Waals surface area contributed by atoms with Gasteiger partial charge in [0.2, 0.25) is 0 Å². The first-order chi connectivity index (χ1) is 11.3. The molecule has 0 bridgehead atoms. The van der Waals surface area contributed by atoms with E-state index in [1.165, 1.54) is 0 Å². The summed E-state index contributed by atoms with van der Waals surface area (Å²) in [5.41, 5.74) is 1.36. The molecule has 0 aliphatic heterocycles. The Hall–Kier alpha value is -3.07. The standard InChI is InChI=1S/C20H14O3/c21-20-17-9-5-4-8-16(17)18-12-15(10-11-19(18)23-20)22-13-14-6-2-1-3-7-14/h1-12H,13H2. The van der Waals surface area contributed by atoms with Crippen molar-refractivity contribution in [1.82, 2.24) is 0 Å². The third-order valence-corrected chi connectivity index (χ3v) is 3.84. The smallest absolute Gasteiger partial charge is 0.344 e. The van der Waals surface area contributed by atoms with Crippen LogP contribution < -0.4 is 10.4 Å². The second-order valence-corrected chi connectivity index (χ2v) is 5.37. The van der Waals surface area contributed by atoms with Crippen molar-refractivity contribution in [2.45, 2.75) is 6.61 Å². The lowest BCUT2D eigenvalue weighted by molar-refractivity contribution is 0.306. The Bertz CT molecular complexity index is 1030. The van der Waals surface area contributed by atoms with Crippen LogP contribution in [0.15, 0.2) is 82.0 Å². The molecule has 3 heteroatoms. The Kier molecular flexibility index (Phi) is 3.31. The fourth-order valence-electron chi connectivity index (χ4n) is 2.69. The van der Waals surface area contributed by atoms with Crippen molar-refractivity contribution in [2.75, 3.05) is 0 Å². The molecule has 1 aromatic heterocycles. The molecule has 0 atom stereocenters. The summed E-state index contributed by atoms with van der Waals surface area (Å²) < 4.78 is 11.2. The SMILES string of the molecule is O=c1oc2ccc(OCc3ccccc3)cc2c2ccccc12. The molecule has 3 aromatic carbocycles. The first-order valence-corrected chi connectivity index (χ1v) is 7.43. The summed E-state index contributed by atoms with van der Waals surface area (Å²) in [7, 11) is 0. The fourth-order valence-corrected chi connectivity index (χ4v) is 2.69. The summed E-state index contributed by atoms with van der Waals surface area (Å²) in [4.78, 5) is 12.0. The molecular formula is C20H14O3. The zero-order valence-corrected chi connectivity index (χ0v) is 12.4. The van der Waals surface area contributed by atoms with Crippen LogP contribution in [0, 0.1) is 0 Å². The van der Waals surface area contributed by atoms with E-state index in [4.69, 9.17) is 9.15 Å². The molecule has 0 saturated heterocycles. The van der Waals surface area contributed by atoms with Gasteiger partial charge in [-0.1, -0.05) is 48.5 Å². The quantitative estimate of drug-likeness (QED) is 0.412. The van der Waals surface area contributed by atoms with Crippen LogP contribution in [0.3, 0.4) is 0 Å². The van der Waals surface area contributed by atoms with Gasteiger partial charge in [-0.2, -0.15) is 0 Å².